The van der Waals surface area contributed by atoms with Crippen molar-refractivity contribution >= 4 is 23.2 Å². The molecule has 0 aliphatic carbocycles. The fraction of sp³-hybridized carbons (Fsp3) is 0.500. The van der Waals surface area contributed by atoms with Crippen molar-refractivity contribution in [3.8, 4) is 0 Å². The molecule has 2 N–H and O–H groups in total. The Labute approximate surface area is 124 Å². The molecule has 1 unspecified atom stereocenters. The molecule has 2 heterocycles. The summed E-state index contributed by atoms with van der Waals surface area (Å²) in [4.78, 5) is 26.0. The van der Waals surface area contributed by atoms with Crippen LogP contribution >= 0.6 is 0 Å². The topological polar surface area (TPSA) is 61.4 Å². The first kappa shape index (κ1) is 13.9. The summed E-state index contributed by atoms with van der Waals surface area (Å²) in [5.74, 6) is -0.203. The highest BCUT2D eigenvalue weighted by atomic mass is 16.2. The third-order valence-electron chi connectivity index (χ3n) is 4.34. The quantitative estimate of drug-likeness (QED) is 0.892. The fourth-order valence-electron chi connectivity index (χ4n) is 2.99. The molecule has 0 spiro atoms. The number of carbonyl (C=O) groups is 2. The van der Waals surface area contributed by atoms with Gasteiger partial charge in [0.1, 0.15) is 5.54 Å². The number of nitrogens with zero attached hydrogens (tertiary/aromatic N) is 1. The molecule has 2 aliphatic heterocycles. The fourth-order valence-corrected chi connectivity index (χ4v) is 2.99. The molecule has 0 bridgehead atoms. The van der Waals surface area contributed by atoms with Gasteiger partial charge in [-0.05, 0) is 44.4 Å². The zero-order valence-electron chi connectivity index (χ0n) is 12.3. The van der Waals surface area contributed by atoms with Crippen molar-refractivity contribution in [2.24, 2.45) is 0 Å². The van der Waals surface area contributed by atoms with Crippen LogP contribution in [-0.4, -0.2) is 30.4 Å². The largest absolute Gasteiger partial charge is 0.371 e. The van der Waals surface area contributed by atoms with E-state index in [0.717, 1.165) is 24.5 Å². The minimum absolute atomic E-state index is 0.0570. The number of hydrogen-bond acceptors (Lipinski definition) is 3. The van der Waals surface area contributed by atoms with Gasteiger partial charge >= 0.3 is 0 Å². The Bertz CT molecular complexity index is 566. The van der Waals surface area contributed by atoms with Crippen LogP contribution in [0.4, 0.5) is 11.4 Å². The third kappa shape index (κ3) is 2.86. The van der Waals surface area contributed by atoms with E-state index in [-0.39, 0.29) is 11.8 Å². The average Bonchev–Trinajstić information content (AvgIpc) is 3.10. The van der Waals surface area contributed by atoms with Crippen LogP contribution < -0.4 is 15.5 Å². The maximum Gasteiger partial charge on any atom is 0.249 e. The van der Waals surface area contributed by atoms with Gasteiger partial charge in [0.05, 0.1) is 0 Å². The summed E-state index contributed by atoms with van der Waals surface area (Å²) in [6.45, 7) is 3.92. The number of nitrogens with one attached hydrogen (secondary N) is 2. The van der Waals surface area contributed by atoms with Crippen molar-refractivity contribution in [2.45, 2.75) is 38.1 Å². The molecular formula is C16H21N3O2. The first-order valence-electron chi connectivity index (χ1n) is 7.54. The van der Waals surface area contributed by atoms with Crippen molar-refractivity contribution in [2.75, 3.05) is 23.3 Å². The van der Waals surface area contributed by atoms with Crippen LogP contribution in [0.25, 0.3) is 0 Å². The molecule has 2 saturated heterocycles. The monoisotopic (exact) mass is 287 g/mol. The van der Waals surface area contributed by atoms with Gasteiger partial charge in [-0.1, -0.05) is 6.07 Å². The summed E-state index contributed by atoms with van der Waals surface area (Å²) in [5.41, 5.74) is 1.14. The van der Waals surface area contributed by atoms with Crippen molar-refractivity contribution in [1.82, 2.24) is 5.32 Å². The van der Waals surface area contributed by atoms with Gasteiger partial charge in [0.2, 0.25) is 11.8 Å². The third-order valence-corrected chi connectivity index (χ3v) is 4.34. The second-order valence-corrected chi connectivity index (χ2v) is 6.08. The molecule has 5 nitrogen and oxygen atoms in total. The molecule has 5 heteroatoms. The standard InChI is InChI=1S/C16H21N3O2/c1-16(8-7-14(20)18-16)15(21)17-12-5-4-6-13(11-12)19-9-2-3-10-19/h4-6,11H,2-3,7-10H2,1H3,(H,17,21)(H,18,20). The van der Waals surface area contributed by atoms with E-state index in [4.69, 9.17) is 0 Å². The second-order valence-electron chi connectivity index (χ2n) is 6.08. The zero-order chi connectivity index (χ0) is 14.9. The summed E-state index contributed by atoms with van der Waals surface area (Å²) in [5, 5.41) is 5.69. The lowest BCUT2D eigenvalue weighted by Gasteiger charge is -2.23. The molecule has 0 aromatic heterocycles. The molecule has 0 radical (unpaired) electrons. The highest BCUT2D eigenvalue weighted by Gasteiger charge is 2.39. The number of benzene rings is 1. The predicted octanol–water partition coefficient (Wildman–Crippen LogP) is 1.89. The number of carbonyl (C=O) groups excluding carboxylic acids is 2. The maximum atomic E-state index is 12.4. The normalized spacial score (nSPS) is 25.0. The molecule has 1 atom stereocenters. The first-order chi connectivity index (χ1) is 10.1. The summed E-state index contributed by atoms with van der Waals surface area (Å²) in [6.07, 6.45) is 3.41. The highest BCUT2D eigenvalue weighted by Crippen LogP contribution is 2.25. The SMILES string of the molecule is CC1(C(=O)Nc2cccc(N3CCCC3)c2)CCC(=O)N1. The van der Waals surface area contributed by atoms with Crippen LogP contribution in [0.15, 0.2) is 24.3 Å². The Kier molecular flexibility index (Phi) is 3.57. The molecule has 2 amide bonds. The minimum atomic E-state index is -0.791. The van der Waals surface area contributed by atoms with Gasteiger partial charge in [0, 0.05) is 30.9 Å². The molecule has 2 fully saturated rings. The molecule has 0 saturated carbocycles. The molecule has 1 aromatic carbocycles. The van der Waals surface area contributed by atoms with E-state index in [0.29, 0.717) is 12.8 Å². The summed E-state index contributed by atoms with van der Waals surface area (Å²) in [6, 6.07) is 7.92. The Morgan fingerprint density at radius 2 is 2.10 bits per heavy atom. The summed E-state index contributed by atoms with van der Waals surface area (Å²) >= 11 is 0. The minimum Gasteiger partial charge on any atom is -0.371 e. The van der Waals surface area contributed by atoms with Crippen LogP contribution in [0, 0.1) is 0 Å². The smallest absolute Gasteiger partial charge is 0.249 e. The van der Waals surface area contributed by atoms with Crippen LogP contribution in [0.3, 0.4) is 0 Å². The molecule has 112 valence electrons. The van der Waals surface area contributed by atoms with Gasteiger partial charge in [0.25, 0.3) is 0 Å². The van der Waals surface area contributed by atoms with Crippen LogP contribution in [0.1, 0.15) is 32.6 Å². The van der Waals surface area contributed by atoms with Crippen LogP contribution in [0.2, 0.25) is 0 Å². The Morgan fingerprint density at radius 3 is 2.76 bits per heavy atom. The van der Waals surface area contributed by atoms with E-state index >= 15 is 0 Å². The van der Waals surface area contributed by atoms with Gasteiger partial charge < -0.3 is 15.5 Å². The predicted molar refractivity (Wildman–Crippen MR) is 82.3 cm³/mol. The molecule has 2 aliphatic rings. The van der Waals surface area contributed by atoms with E-state index < -0.39 is 5.54 Å². The second kappa shape index (κ2) is 5.39. The van der Waals surface area contributed by atoms with E-state index in [1.54, 1.807) is 6.92 Å². The Morgan fingerprint density at radius 1 is 1.33 bits per heavy atom. The lowest BCUT2D eigenvalue weighted by molar-refractivity contribution is -0.125. The summed E-state index contributed by atoms with van der Waals surface area (Å²) < 4.78 is 0. The average molecular weight is 287 g/mol. The summed E-state index contributed by atoms with van der Waals surface area (Å²) in [7, 11) is 0. The number of amides is 2. The lowest BCUT2D eigenvalue weighted by atomic mass is 9.99. The zero-order valence-corrected chi connectivity index (χ0v) is 12.3. The molecular weight excluding hydrogens is 266 g/mol. The van der Waals surface area contributed by atoms with Gasteiger partial charge in [-0.2, -0.15) is 0 Å². The van der Waals surface area contributed by atoms with Crippen LogP contribution in [0.5, 0.6) is 0 Å². The lowest BCUT2D eigenvalue weighted by Crippen LogP contribution is -2.49. The Hall–Kier alpha value is -2.04. The van der Waals surface area contributed by atoms with Crippen molar-refractivity contribution in [1.29, 1.82) is 0 Å². The van der Waals surface area contributed by atoms with Gasteiger partial charge in [-0.25, -0.2) is 0 Å². The van der Waals surface area contributed by atoms with E-state index in [1.807, 2.05) is 18.2 Å². The van der Waals surface area contributed by atoms with E-state index in [9.17, 15) is 9.59 Å². The van der Waals surface area contributed by atoms with Gasteiger partial charge in [-0.3, -0.25) is 9.59 Å². The van der Waals surface area contributed by atoms with Crippen molar-refractivity contribution < 1.29 is 9.59 Å². The maximum absolute atomic E-state index is 12.4. The van der Waals surface area contributed by atoms with Crippen LogP contribution in [-0.2, 0) is 9.59 Å². The highest BCUT2D eigenvalue weighted by molar-refractivity contribution is 6.02. The van der Waals surface area contributed by atoms with Gasteiger partial charge in [-0.15, -0.1) is 0 Å². The Balaban J connectivity index is 1.71. The van der Waals surface area contributed by atoms with E-state index in [1.165, 1.54) is 12.8 Å². The molecule has 21 heavy (non-hydrogen) atoms. The van der Waals surface area contributed by atoms with Crippen molar-refractivity contribution in [3.63, 3.8) is 0 Å². The molecule has 3 rings (SSSR count). The molecule has 1 aromatic rings. The number of anilines is 2. The number of hydrogen-bond donors (Lipinski definition) is 2. The van der Waals surface area contributed by atoms with Gasteiger partial charge in [0.15, 0.2) is 0 Å². The van der Waals surface area contributed by atoms with Crippen molar-refractivity contribution in [3.05, 3.63) is 24.3 Å². The number of rotatable bonds is 3. The van der Waals surface area contributed by atoms with E-state index in [2.05, 4.69) is 21.6 Å². The first-order valence-corrected chi connectivity index (χ1v) is 7.54.